The summed E-state index contributed by atoms with van der Waals surface area (Å²) in [4.78, 5) is 38.2. The van der Waals surface area contributed by atoms with Crippen LogP contribution in [0.3, 0.4) is 0 Å². The maximum Gasteiger partial charge on any atom is 0.306 e. The van der Waals surface area contributed by atoms with Crippen LogP contribution in [0, 0.1) is 0 Å². The summed E-state index contributed by atoms with van der Waals surface area (Å²) in [7, 11) is 0. The molecule has 0 rings (SSSR count). The Morgan fingerprint density at radius 2 is 0.534 bits per heavy atom. The van der Waals surface area contributed by atoms with Crippen LogP contribution in [0.25, 0.3) is 0 Å². The van der Waals surface area contributed by atoms with Crippen molar-refractivity contribution in [2.24, 2.45) is 0 Å². The number of esters is 3. The Labute approximate surface area is 449 Å². The van der Waals surface area contributed by atoms with Gasteiger partial charge in [0.15, 0.2) is 6.10 Å². The van der Waals surface area contributed by atoms with E-state index in [2.05, 4.69) is 154 Å². The summed E-state index contributed by atoms with van der Waals surface area (Å²) in [5.74, 6) is -0.951. The number of unbranched alkanes of at least 4 members (excludes halogenated alkanes) is 19. The van der Waals surface area contributed by atoms with Crippen LogP contribution in [0.4, 0.5) is 0 Å². The highest BCUT2D eigenvalue weighted by Gasteiger charge is 2.19. The molecule has 0 bridgehead atoms. The van der Waals surface area contributed by atoms with E-state index < -0.39 is 6.10 Å². The number of hydrogen-bond donors (Lipinski definition) is 0. The number of carbonyl (C=O) groups is 3. The van der Waals surface area contributed by atoms with E-state index >= 15 is 0 Å². The van der Waals surface area contributed by atoms with Crippen molar-refractivity contribution in [1.82, 2.24) is 0 Å². The third-order valence-electron chi connectivity index (χ3n) is 12.1. The first-order chi connectivity index (χ1) is 36.0. The highest BCUT2D eigenvalue weighted by molar-refractivity contribution is 5.71. The predicted molar refractivity (Wildman–Crippen MR) is 316 cm³/mol. The maximum atomic E-state index is 12.9. The minimum Gasteiger partial charge on any atom is -0.462 e. The van der Waals surface area contributed by atoms with Gasteiger partial charge in [-0.2, -0.15) is 0 Å². The van der Waals surface area contributed by atoms with Crippen LogP contribution in [0.15, 0.2) is 134 Å². The average molecular weight is 1010 g/mol. The van der Waals surface area contributed by atoms with Crippen LogP contribution < -0.4 is 0 Å². The van der Waals surface area contributed by atoms with Crippen LogP contribution in [0.5, 0.6) is 0 Å². The second kappa shape index (κ2) is 60.1. The average Bonchev–Trinajstić information content (AvgIpc) is 3.39. The van der Waals surface area contributed by atoms with Crippen molar-refractivity contribution in [1.29, 1.82) is 0 Å². The number of carbonyl (C=O) groups excluding carboxylic acids is 3. The van der Waals surface area contributed by atoms with Crippen molar-refractivity contribution < 1.29 is 28.6 Å². The van der Waals surface area contributed by atoms with Crippen LogP contribution in [0.2, 0.25) is 0 Å². The fraction of sp³-hybridized carbons (Fsp3) is 0.627. The van der Waals surface area contributed by atoms with Gasteiger partial charge in [-0.1, -0.05) is 231 Å². The standard InChI is InChI=1S/C67H108O6/c1-4-7-10-13-16-19-22-25-27-29-31-32-33-34-36-37-39-42-45-48-51-54-57-60-66(69)72-63-64(62-71-65(68)59-56-53-50-47-44-41-24-21-18-15-12-9-6-3)73-67(70)61-58-55-52-49-46-43-40-38-35-30-28-26-23-20-17-14-11-8-5-2/h7-8,10-11,16-17,19-21,24-28,31-32,34-36,38-39,42,64H,4-6,9,12-15,18,22-23,29-30,33,37,40-41,43-63H2,1-3H3/b10-7-,11-8-,19-16-,20-17-,24-21-,27-25-,28-26-,32-31-,36-34-,38-35-,42-39-. The van der Waals surface area contributed by atoms with Gasteiger partial charge in [0.1, 0.15) is 13.2 Å². The smallest absolute Gasteiger partial charge is 0.306 e. The maximum absolute atomic E-state index is 12.9. The summed E-state index contributed by atoms with van der Waals surface area (Å²) in [5, 5.41) is 0. The summed E-state index contributed by atoms with van der Waals surface area (Å²) in [6.45, 7) is 6.35. The Bertz CT molecular complexity index is 1580. The van der Waals surface area contributed by atoms with Crippen molar-refractivity contribution in [3.8, 4) is 0 Å². The van der Waals surface area contributed by atoms with Crippen molar-refractivity contribution >= 4 is 17.9 Å². The molecule has 0 aromatic rings. The number of hydrogen-bond acceptors (Lipinski definition) is 6. The molecule has 0 radical (unpaired) electrons. The molecule has 1 unspecified atom stereocenters. The zero-order valence-electron chi connectivity index (χ0n) is 47.1. The lowest BCUT2D eigenvalue weighted by atomic mass is 10.1. The molecule has 6 heteroatoms. The van der Waals surface area contributed by atoms with E-state index in [1.165, 1.54) is 51.4 Å². The third kappa shape index (κ3) is 58.3. The molecule has 0 fully saturated rings. The lowest BCUT2D eigenvalue weighted by Gasteiger charge is -2.18. The van der Waals surface area contributed by atoms with E-state index in [0.717, 1.165) is 161 Å². The number of rotatable bonds is 52. The van der Waals surface area contributed by atoms with E-state index in [1.54, 1.807) is 0 Å². The Kier molecular flexibility index (Phi) is 56.4. The summed E-state index contributed by atoms with van der Waals surface area (Å²) in [6, 6.07) is 0. The first kappa shape index (κ1) is 68.6. The molecule has 0 amide bonds. The van der Waals surface area contributed by atoms with Gasteiger partial charge >= 0.3 is 17.9 Å². The fourth-order valence-corrected chi connectivity index (χ4v) is 7.72. The second-order valence-corrected chi connectivity index (χ2v) is 19.1. The molecular weight excluding hydrogens is 901 g/mol. The minimum absolute atomic E-state index is 0.101. The van der Waals surface area contributed by atoms with Crippen LogP contribution in [-0.2, 0) is 28.6 Å². The van der Waals surface area contributed by atoms with Gasteiger partial charge in [0.05, 0.1) is 0 Å². The molecule has 0 spiro atoms. The highest BCUT2D eigenvalue weighted by atomic mass is 16.6. The van der Waals surface area contributed by atoms with Crippen molar-refractivity contribution in [2.45, 2.75) is 258 Å². The van der Waals surface area contributed by atoms with E-state index in [-0.39, 0.29) is 31.1 Å². The summed E-state index contributed by atoms with van der Waals surface area (Å²) in [6.07, 6.45) is 84.4. The second-order valence-electron chi connectivity index (χ2n) is 19.1. The molecule has 0 aromatic carbocycles. The topological polar surface area (TPSA) is 78.9 Å². The van der Waals surface area contributed by atoms with Crippen LogP contribution >= 0.6 is 0 Å². The molecule has 0 aliphatic heterocycles. The van der Waals surface area contributed by atoms with Gasteiger partial charge in [0.2, 0.25) is 0 Å². The van der Waals surface area contributed by atoms with Gasteiger partial charge in [-0.05, 0) is 135 Å². The lowest BCUT2D eigenvalue weighted by molar-refractivity contribution is -0.167. The largest absolute Gasteiger partial charge is 0.462 e. The normalized spacial score (nSPS) is 13.1. The zero-order chi connectivity index (χ0) is 52.9. The highest BCUT2D eigenvalue weighted by Crippen LogP contribution is 2.14. The Hall–Kier alpha value is -4.45. The Morgan fingerprint density at radius 3 is 0.849 bits per heavy atom. The van der Waals surface area contributed by atoms with E-state index in [4.69, 9.17) is 14.2 Å². The van der Waals surface area contributed by atoms with Crippen LogP contribution in [-0.4, -0.2) is 37.2 Å². The number of allylic oxidation sites excluding steroid dienone is 22. The Morgan fingerprint density at radius 1 is 0.288 bits per heavy atom. The van der Waals surface area contributed by atoms with Gasteiger partial charge in [0, 0.05) is 19.3 Å². The zero-order valence-corrected chi connectivity index (χ0v) is 47.1. The molecule has 0 aliphatic rings. The molecule has 0 saturated heterocycles. The monoisotopic (exact) mass is 1010 g/mol. The first-order valence-corrected chi connectivity index (χ1v) is 29.7. The molecule has 6 nitrogen and oxygen atoms in total. The predicted octanol–water partition coefficient (Wildman–Crippen LogP) is 20.2. The summed E-state index contributed by atoms with van der Waals surface area (Å²) in [5.41, 5.74) is 0. The molecule has 0 N–H and O–H groups in total. The van der Waals surface area contributed by atoms with Crippen molar-refractivity contribution in [2.75, 3.05) is 13.2 Å². The molecule has 0 heterocycles. The van der Waals surface area contributed by atoms with Gasteiger partial charge in [0.25, 0.3) is 0 Å². The molecule has 0 saturated carbocycles. The lowest BCUT2D eigenvalue weighted by Crippen LogP contribution is -2.30. The van der Waals surface area contributed by atoms with E-state index in [0.29, 0.717) is 19.3 Å². The first-order valence-electron chi connectivity index (χ1n) is 29.7. The molecule has 412 valence electrons. The molecule has 73 heavy (non-hydrogen) atoms. The SMILES string of the molecule is CC/C=C\C/C=C\C/C=C\C/C=C\C/C=C\C/C=C\CCCCCCC(=O)OCC(COC(=O)CCCCCCC/C=C\CCCCCC)OC(=O)CCCCCCCC/C=C\C/C=C\C/C=C\C/C=C\CC. The molecule has 0 aromatic heterocycles. The summed E-state index contributed by atoms with van der Waals surface area (Å²) < 4.78 is 16.8. The van der Waals surface area contributed by atoms with E-state index in [9.17, 15) is 14.4 Å². The van der Waals surface area contributed by atoms with Crippen LogP contribution in [0.1, 0.15) is 252 Å². The van der Waals surface area contributed by atoms with Gasteiger partial charge in [-0.25, -0.2) is 0 Å². The quantitative estimate of drug-likeness (QED) is 0.0261. The molecular formula is C67H108O6. The summed E-state index contributed by atoms with van der Waals surface area (Å²) >= 11 is 0. The fourth-order valence-electron chi connectivity index (χ4n) is 7.72. The minimum atomic E-state index is -0.806. The van der Waals surface area contributed by atoms with Crippen molar-refractivity contribution in [3.63, 3.8) is 0 Å². The third-order valence-corrected chi connectivity index (χ3v) is 12.1. The van der Waals surface area contributed by atoms with Gasteiger partial charge < -0.3 is 14.2 Å². The molecule has 0 aliphatic carbocycles. The van der Waals surface area contributed by atoms with Gasteiger partial charge in [-0.3, -0.25) is 14.4 Å². The van der Waals surface area contributed by atoms with E-state index in [1.807, 2.05) is 0 Å². The number of ether oxygens (including phenoxy) is 3. The van der Waals surface area contributed by atoms with Crippen molar-refractivity contribution in [3.05, 3.63) is 134 Å². The molecule has 1 atom stereocenters. The Balaban J connectivity index is 4.47. The van der Waals surface area contributed by atoms with Gasteiger partial charge in [-0.15, -0.1) is 0 Å².